The van der Waals surface area contributed by atoms with Crippen LogP contribution in [0.25, 0.3) is 0 Å². The van der Waals surface area contributed by atoms with Gasteiger partial charge in [-0.25, -0.2) is 4.74 Å². The molecule has 0 aliphatic carbocycles. The van der Waals surface area contributed by atoms with Gasteiger partial charge in [-0.05, 0) is 50.0 Å². The van der Waals surface area contributed by atoms with Crippen molar-refractivity contribution in [2.24, 2.45) is 4.74 Å². The predicted molar refractivity (Wildman–Crippen MR) is 152 cm³/mol. The SMILES string of the molecule is CC(C)(C)P(=NC(=S)N1CCN(c2ccccc2)CC1)(N1CCCCCC1)N1CCCCCC1. The molecule has 0 aromatic heterocycles. The molecule has 0 saturated carbocycles. The van der Waals surface area contributed by atoms with Crippen molar-refractivity contribution in [2.45, 2.75) is 77.3 Å². The first kappa shape index (κ1) is 26.1. The van der Waals surface area contributed by atoms with Gasteiger partial charge in [-0.3, -0.25) is 9.34 Å². The number of thiocarbonyl (C=S) groups is 1. The molecule has 4 rings (SSSR count). The Labute approximate surface area is 214 Å². The molecule has 3 aliphatic rings. The van der Waals surface area contributed by atoms with Crippen LogP contribution in [0.5, 0.6) is 0 Å². The maximum absolute atomic E-state index is 6.17. The summed E-state index contributed by atoms with van der Waals surface area (Å²) in [5.74, 6) is 0. The molecule has 1 aromatic rings. The molecule has 3 saturated heterocycles. The fraction of sp³-hybridized carbons (Fsp3) is 0.741. The van der Waals surface area contributed by atoms with Crippen molar-refractivity contribution in [1.82, 2.24) is 14.2 Å². The van der Waals surface area contributed by atoms with E-state index < -0.39 is 7.36 Å². The monoisotopic (exact) mass is 503 g/mol. The standard InChI is InChI=1S/C27H46N5PS/c1-27(2,3)33(31-17-11-4-5-12-18-31,32-19-13-6-7-14-20-32)28-26(34)30-23-21-29(22-24-30)25-15-9-8-10-16-25/h8-10,15-16H,4-7,11-14,17-24H2,1-3H3. The summed E-state index contributed by atoms with van der Waals surface area (Å²) in [5.41, 5.74) is 1.32. The van der Waals surface area contributed by atoms with Gasteiger partial charge in [-0.15, -0.1) is 0 Å². The molecule has 3 aliphatic heterocycles. The van der Waals surface area contributed by atoms with E-state index in [0.29, 0.717) is 0 Å². The van der Waals surface area contributed by atoms with Gasteiger partial charge >= 0.3 is 0 Å². The highest BCUT2D eigenvalue weighted by molar-refractivity contribution is 7.81. The number of rotatable bonds is 3. The first-order valence-electron chi connectivity index (χ1n) is 13.6. The Morgan fingerprint density at radius 1 is 0.706 bits per heavy atom. The average molecular weight is 504 g/mol. The third-order valence-electron chi connectivity index (χ3n) is 7.75. The largest absolute Gasteiger partial charge is 0.368 e. The summed E-state index contributed by atoms with van der Waals surface area (Å²) in [6.07, 6.45) is 10.6. The van der Waals surface area contributed by atoms with E-state index in [-0.39, 0.29) is 5.16 Å². The lowest BCUT2D eigenvalue weighted by Gasteiger charge is -2.51. The lowest BCUT2D eigenvalue weighted by Crippen LogP contribution is -2.48. The van der Waals surface area contributed by atoms with E-state index in [1.807, 2.05) is 0 Å². The van der Waals surface area contributed by atoms with Crippen LogP contribution in [-0.4, -0.2) is 76.9 Å². The zero-order chi connectivity index (χ0) is 24.0. The molecule has 1 aromatic carbocycles. The highest BCUT2D eigenvalue weighted by atomic mass is 32.1. The maximum atomic E-state index is 6.17. The number of para-hydroxylation sites is 1. The molecule has 7 heteroatoms. The van der Waals surface area contributed by atoms with E-state index in [0.717, 1.165) is 31.3 Å². The van der Waals surface area contributed by atoms with Crippen LogP contribution in [-0.2, 0) is 0 Å². The fourth-order valence-electron chi connectivity index (χ4n) is 5.95. The topological polar surface area (TPSA) is 25.3 Å². The normalized spacial score (nSPS) is 22.2. The van der Waals surface area contributed by atoms with E-state index in [1.54, 1.807) is 0 Å². The van der Waals surface area contributed by atoms with Crippen LogP contribution in [0.3, 0.4) is 0 Å². The minimum absolute atomic E-state index is 0.0810. The maximum Gasteiger partial charge on any atom is 0.196 e. The minimum Gasteiger partial charge on any atom is -0.368 e. The number of anilines is 1. The van der Waals surface area contributed by atoms with Crippen molar-refractivity contribution < 1.29 is 0 Å². The number of hydrogen-bond acceptors (Lipinski definition) is 2. The molecule has 0 N–H and O–H groups in total. The van der Waals surface area contributed by atoms with Gasteiger partial charge in [-0.1, -0.05) is 64.7 Å². The summed E-state index contributed by atoms with van der Waals surface area (Å²) in [5, 5.41) is 0.946. The Balaban J connectivity index is 1.63. The van der Waals surface area contributed by atoms with Crippen molar-refractivity contribution >= 4 is 30.4 Å². The third kappa shape index (κ3) is 5.88. The number of nitrogens with zero attached hydrogens (tertiary/aromatic N) is 5. The average Bonchev–Trinajstić information content (AvgIpc) is 3.28. The van der Waals surface area contributed by atoms with Crippen molar-refractivity contribution in [1.29, 1.82) is 0 Å². The lowest BCUT2D eigenvalue weighted by atomic mass is 10.2. The quantitative estimate of drug-likeness (QED) is 0.339. The zero-order valence-corrected chi connectivity index (χ0v) is 23.5. The van der Waals surface area contributed by atoms with Gasteiger partial charge in [0, 0.05) is 63.2 Å². The molecule has 0 radical (unpaired) electrons. The van der Waals surface area contributed by atoms with Crippen LogP contribution in [0, 0.1) is 0 Å². The number of hydrogen-bond donors (Lipinski definition) is 0. The molecule has 34 heavy (non-hydrogen) atoms. The van der Waals surface area contributed by atoms with Gasteiger partial charge in [0.1, 0.15) is 7.36 Å². The summed E-state index contributed by atoms with van der Waals surface area (Å²) in [6, 6.07) is 10.8. The molecule has 0 unspecified atom stereocenters. The van der Waals surface area contributed by atoms with E-state index in [1.165, 1.54) is 83.2 Å². The molecular formula is C27H46N5PS. The van der Waals surface area contributed by atoms with Crippen molar-refractivity contribution in [3.63, 3.8) is 0 Å². The smallest absolute Gasteiger partial charge is 0.196 e. The zero-order valence-electron chi connectivity index (χ0n) is 21.8. The minimum atomic E-state index is -1.99. The summed E-state index contributed by atoms with van der Waals surface area (Å²) >= 11 is 6.17. The van der Waals surface area contributed by atoms with Crippen molar-refractivity contribution in [3.05, 3.63) is 30.3 Å². The van der Waals surface area contributed by atoms with E-state index in [9.17, 15) is 0 Å². The number of benzene rings is 1. The fourth-order valence-corrected chi connectivity index (χ4v) is 11.1. The van der Waals surface area contributed by atoms with Gasteiger partial charge in [0.15, 0.2) is 5.11 Å². The lowest BCUT2D eigenvalue weighted by molar-refractivity contribution is 0.364. The van der Waals surface area contributed by atoms with Gasteiger partial charge in [0.2, 0.25) is 0 Å². The molecule has 0 spiro atoms. The summed E-state index contributed by atoms with van der Waals surface area (Å²) in [4.78, 5) is 4.87. The Hall–Kier alpha value is -0.940. The Bertz CT molecular complexity index is 804. The molecule has 0 atom stereocenters. The molecule has 0 bridgehead atoms. The van der Waals surface area contributed by atoms with Crippen LogP contribution in [0.2, 0.25) is 0 Å². The van der Waals surface area contributed by atoms with Crippen LogP contribution in [0.15, 0.2) is 35.1 Å². The van der Waals surface area contributed by atoms with Gasteiger partial charge in [-0.2, -0.15) is 0 Å². The predicted octanol–water partition coefficient (Wildman–Crippen LogP) is 6.68. The second-order valence-electron chi connectivity index (χ2n) is 11.2. The van der Waals surface area contributed by atoms with Gasteiger partial charge in [0.25, 0.3) is 0 Å². The van der Waals surface area contributed by atoms with Crippen LogP contribution in [0.4, 0.5) is 5.69 Å². The van der Waals surface area contributed by atoms with Crippen LogP contribution >= 0.6 is 19.6 Å². The highest BCUT2D eigenvalue weighted by Crippen LogP contribution is 2.67. The molecular weight excluding hydrogens is 457 g/mol. The third-order valence-corrected chi connectivity index (χ3v) is 12.9. The van der Waals surface area contributed by atoms with E-state index in [2.05, 4.69) is 70.2 Å². The second kappa shape index (κ2) is 11.9. The second-order valence-corrected chi connectivity index (χ2v) is 15.3. The molecule has 190 valence electrons. The number of piperazine rings is 1. The summed E-state index contributed by atoms with van der Waals surface area (Å²) < 4.78 is 11.4. The highest BCUT2D eigenvalue weighted by Gasteiger charge is 2.45. The van der Waals surface area contributed by atoms with Crippen molar-refractivity contribution in [2.75, 3.05) is 57.3 Å². The molecule has 3 fully saturated rings. The first-order valence-corrected chi connectivity index (χ1v) is 15.7. The van der Waals surface area contributed by atoms with Gasteiger partial charge < -0.3 is 9.80 Å². The Morgan fingerprint density at radius 2 is 1.18 bits per heavy atom. The van der Waals surface area contributed by atoms with E-state index in [4.69, 9.17) is 17.0 Å². The van der Waals surface area contributed by atoms with Gasteiger partial charge in [0.05, 0.1) is 0 Å². The summed E-state index contributed by atoms with van der Waals surface area (Å²) in [6.45, 7) is 16.0. The molecule has 3 heterocycles. The van der Waals surface area contributed by atoms with Crippen LogP contribution in [0.1, 0.15) is 72.1 Å². The van der Waals surface area contributed by atoms with Crippen LogP contribution < -0.4 is 4.90 Å². The summed E-state index contributed by atoms with van der Waals surface area (Å²) in [7, 11) is -1.99. The molecule has 0 amide bonds. The first-order chi connectivity index (χ1) is 16.4. The Kier molecular flexibility index (Phi) is 9.12. The molecule has 5 nitrogen and oxygen atoms in total. The Morgan fingerprint density at radius 3 is 1.62 bits per heavy atom. The van der Waals surface area contributed by atoms with E-state index >= 15 is 0 Å². The van der Waals surface area contributed by atoms with Crippen molar-refractivity contribution in [3.8, 4) is 0 Å².